The molecule has 0 saturated heterocycles. The van der Waals surface area contributed by atoms with Gasteiger partial charge in [-0.2, -0.15) is 0 Å². The lowest BCUT2D eigenvalue weighted by Gasteiger charge is -1.93. The molecule has 0 fully saturated rings. The average Bonchev–Trinajstić information content (AvgIpc) is 2.57. The van der Waals surface area contributed by atoms with Crippen molar-refractivity contribution in [2.24, 2.45) is 5.11 Å². The second-order valence-corrected chi connectivity index (χ2v) is 3.83. The zero-order valence-electron chi connectivity index (χ0n) is 14.5. The molecule has 2 aromatic rings. The van der Waals surface area contributed by atoms with E-state index in [1.165, 1.54) is 0 Å². The van der Waals surface area contributed by atoms with Gasteiger partial charge in [-0.25, -0.2) is 0 Å². The molecular formula is C18H28N4. The molecule has 0 unspecified atom stereocenters. The quantitative estimate of drug-likeness (QED) is 0.275. The van der Waals surface area contributed by atoms with Gasteiger partial charge >= 0.3 is 0 Å². The Hall–Kier alpha value is -2.45. The van der Waals surface area contributed by atoms with Gasteiger partial charge in [-0.05, 0) is 36.6 Å². The maximum atomic E-state index is 8.10. The van der Waals surface area contributed by atoms with E-state index in [0.29, 0.717) is 5.69 Å². The third kappa shape index (κ3) is 9.45. The van der Waals surface area contributed by atoms with Gasteiger partial charge in [-0.1, -0.05) is 75.3 Å². The molecule has 0 amide bonds. The lowest BCUT2D eigenvalue weighted by molar-refractivity contribution is 1.38. The van der Waals surface area contributed by atoms with Crippen molar-refractivity contribution in [3.8, 4) is 0 Å². The lowest BCUT2D eigenvalue weighted by atomic mass is 10.2. The molecule has 2 rings (SSSR count). The minimum absolute atomic E-state index is 0.699. The van der Waals surface area contributed by atoms with E-state index in [1.807, 2.05) is 84.0 Å². The van der Waals surface area contributed by atoms with Crippen molar-refractivity contribution in [3.63, 3.8) is 0 Å². The Morgan fingerprint density at radius 2 is 1.27 bits per heavy atom. The normalized spacial score (nSPS) is 7.73. The van der Waals surface area contributed by atoms with Crippen molar-refractivity contribution in [2.75, 3.05) is 5.73 Å². The van der Waals surface area contributed by atoms with E-state index >= 15 is 0 Å². The van der Waals surface area contributed by atoms with Gasteiger partial charge in [0.05, 0.1) is 0 Å². The number of aryl methyl sites for hydroxylation is 2. The molecule has 0 bridgehead atoms. The first-order chi connectivity index (χ1) is 10.6. The predicted octanol–water partition coefficient (Wildman–Crippen LogP) is 6.57. The minimum Gasteiger partial charge on any atom is -0.399 e. The zero-order valence-corrected chi connectivity index (χ0v) is 14.5. The molecule has 120 valence electrons. The van der Waals surface area contributed by atoms with Crippen molar-refractivity contribution in [2.45, 2.75) is 41.5 Å². The van der Waals surface area contributed by atoms with Gasteiger partial charge in [0.15, 0.2) is 0 Å². The van der Waals surface area contributed by atoms with Crippen LogP contribution in [0.1, 0.15) is 38.8 Å². The van der Waals surface area contributed by atoms with Crippen LogP contribution in [0.5, 0.6) is 0 Å². The van der Waals surface area contributed by atoms with E-state index in [1.54, 1.807) is 6.07 Å². The Morgan fingerprint density at radius 3 is 1.64 bits per heavy atom. The molecule has 2 aromatic carbocycles. The smallest absolute Gasteiger partial charge is 0.0404 e. The number of nitrogen functional groups attached to an aromatic ring is 1. The first-order valence-corrected chi connectivity index (χ1v) is 7.57. The molecule has 0 heterocycles. The zero-order chi connectivity index (χ0) is 17.4. The first kappa shape index (κ1) is 21.8. The number of azide groups is 1. The van der Waals surface area contributed by atoms with Gasteiger partial charge in [0.1, 0.15) is 0 Å². The molecule has 2 N–H and O–H groups in total. The Kier molecular flexibility index (Phi) is 14.8. The van der Waals surface area contributed by atoms with E-state index in [9.17, 15) is 0 Å². The summed E-state index contributed by atoms with van der Waals surface area (Å²) >= 11 is 0. The largest absolute Gasteiger partial charge is 0.399 e. The number of hydrogen-bond donors (Lipinski definition) is 1. The van der Waals surface area contributed by atoms with E-state index in [2.05, 4.69) is 10.0 Å². The van der Waals surface area contributed by atoms with Crippen molar-refractivity contribution in [1.29, 1.82) is 0 Å². The standard InChI is InChI=1S/C7H7N3.C7H9N.2C2H6/c1-6-4-2-3-5-7(6)9-10-8;1-6-4-2-3-5-7(6)8;2*1-2/h2-5H,1H3;2-5H,8H2,1H3;2*1-2H3. The van der Waals surface area contributed by atoms with Crippen molar-refractivity contribution >= 4 is 11.4 Å². The third-order valence-electron chi connectivity index (χ3n) is 2.46. The van der Waals surface area contributed by atoms with E-state index in [-0.39, 0.29) is 0 Å². The van der Waals surface area contributed by atoms with E-state index < -0.39 is 0 Å². The molecular weight excluding hydrogens is 272 g/mol. The molecule has 4 nitrogen and oxygen atoms in total. The van der Waals surface area contributed by atoms with Crippen LogP contribution >= 0.6 is 0 Å². The van der Waals surface area contributed by atoms with Crippen LogP contribution < -0.4 is 5.73 Å². The molecule has 0 aliphatic heterocycles. The number of nitrogens with two attached hydrogens (primary N) is 1. The summed E-state index contributed by atoms with van der Waals surface area (Å²) in [4.78, 5) is 2.69. The van der Waals surface area contributed by atoms with Crippen LogP contribution in [0, 0.1) is 13.8 Å². The second-order valence-electron chi connectivity index (χ2n) is 3.83. The van der Waals surface area contributed by atoms with Crippen LogP contribution in [-0.4, -0.2) is 0 Å². The fraction of sp³-hybridized carbons (Fsp3) is 0.333. The Morgan fingerprint density at radius 1 is 0.818 bits per heavy atom. The number of benzene rings is 2. The van der Waals surface area contributed by atoms with Crippen molar-refractivity contribution in [1.82, 2.24) is 0 Å². The number of nitrogens with zero attached hydrogens (tertiary/aromatic N) is 3. The molecule has 0 radical (unpaired) electrons. The molecule has 0 aromatic heterocycles. The summed E-state index contributed by atoms with van der Waals surface area (Å²) in [5.74, 6) is 0. The van der Waals surface area contributed by atoms with Gasteiger partial charge in [0.25, 0.3) is 0 Å². The van der Waals surface area contributed by atoms with Gasteiger partial charge in [0.2, 0.25) is 0 Å². The number of rotatable bonds is 1. The summed E-state index contributed by atoms with van der Waals surface area (Å²) in [6.45, 7) is 11.9. The van der Waals surface area contributed by atoms with Crippen LogP contribution in [0.4, 0.5) is 11.4 Å². The monoisotopic (exact) mass is 300 g/mol. The number of anilines is 1. The van der Waals surface area contributed by atoms with Gasteiger partial charge in [-0.3, -0.25) is 0 Å². The van der Waals surface area contributed by atoms with Crippen LogP contribution in [0.25, 0.3) is 10.4 Å². The highest BCUT2D eigenvalue weighted by molar-refractivity contribution is 5.45. The van der Waals surface area contributed by atoms with Crippen LogP contribution in [0.3, 0.4) is 0 Å². The highest BCUT2D eigenvalue weighted by Crippen LogP contribution is 2.16. The maximum absolute atomic E-state index is 8.10. The summed E-state index contributed by atoms with van der Waals surface area (Å²) in [5, 5.41) is 3.49. The maximum Gasteiger partial charge on any atom is 0.0404 e. The van der Waals surface area contributed by atoms with Crippen LogP contribution in [0.2, 0.25) is 0 Å². The number of hydrogen-bond acceptors (Lipinski definition) is 2. The van der Waals surface area contributed by atoms with Gasteiger partial charge in [0, 0.05) is 16.3 Å². The van der Waals surface area contributed by atoms with Crippen LogP contribution in [0.15, 0.2) is 53.6 Å². The Bertz CT molecular complexity index is 538. The SMILES string of the molecule is CC.CC.Cc1ccccc1N.Cc1ccccc1N=[N+]=[N-]. The van der Waals surface area contributed by atoms with Gasteiger partial charge < -0.3 is 5.73 Å². The predicted molar refractivity (Wildman–Crippen MR) is 98.3 cm³/mol. The van der Waals surface area contributed by atoms with Crippen molar-refractivity contribution in [3.05, 3.63) is 70.1 Å². The highest BCUT2D eigenvalue weighted by atomic mass is 15.1. The fourth-order valence-electron chi connectivity index (χ4n) is 1.31. The molecule has 0 atom stereocenters. The first-order valence-electron chi connectivity index (χ1n) is 7.57. The average molecular weight is 300 g/mol. The van der Waals surface area contributed by atoms with Gasteiger partial charge in [-0.15, -0.1) is 0 Å². The summed E-state index contributed by atoms with van der Waals surface area (Å²) in [6, 6.07) is 15.3. The third-order valence-corrected chi connectivity index (χ3v) is 2.46. The van der Waals surface area contributed by atoms with Crippen molar-refractivity contribution < 1.29 is 0 Å². The highest BCUT2D eigenvalue weighted by Gasteiger charge is 1.89. The fourth-order valence-corrected chi connectivity index (χ4v) is 1.31. The second kappa shape index (κ2) is 14.9. The topological polar surface area (TPSA) is 74.8 Å². The summed E-state index contributed by atoms with van der Waals surface area (Å²) < 4.78 is 0. The van der Waals surface area contributed by atoms with Crippen LogP contribution in [-0.2, 0) is 0 Å². The molecule has 4 heteroatoms. The Labute approximate surface area is 134 Å². The molecule has 0 aliphatic rings. The summed E-state index contributed by atoms with van der Waals surface area (Å²) in [7, 11) is 0. The molecule has 0 spiro atoms. The summed E-state index contributed by atoms with van der Waals surface area (Å²) in [6.07, 6.45) is 0. The lowest BCUT2D eigenvalue weighted by Crippen LogP contribution is -1.85. The minimum atomic E-state index is 0.699. The summed E-state index contributed by atoms with van der Waals surface area (Å²) in [5.41, 5.74) is 17.3. The Balaban J connectivity index is 0. The molecule has 22 heavy (non-hydrogen) atoms. The number of para-hydroxylation sites is 1. The molecule has 0 aliphatic carbocycles. The van der Waals surface area contributed by atoms with E-state index in [4.69, 9.17) is 11.3 Å². The van der Waals surface area contributed by atoms with E-state index in [0.717, 1.165) is 16.8 Å². The molecule has 0 saturated carbocycles.